The minimum Gasteiger partial charge on any atom is -0.493 e. The fourth-order valence-corrected chi connectivity index (χ4v) is 5.33. The van der Waals surface area contributed by atoms with Crippen molar-refractivity contribution in [1.82, 2.24) is 14.9 Å². The van der Waals surface area contributed by atoms with Gasteiger partial charge in [-0.1, -0.05) is 13.0 Å². The van der Waals surface area contributed by atoms with Crippen LogP contribution in [0.3, 0.4) is 0 Å². The number of aromatic nitrogens is 2. The number of benzene rings is 2. The predicted molar refractivity (Wildman–Crippen MR) is 115 cm³/mol. The number of aryl methyl sites for hydroxylation is 2. The van der Waals surface area contributed by atoms with Gasteiger partial charge in [-0.05, 0) is 73.2 Å². The molecule has 3 aromatic rings. The van der Waals surface area contributed by atoms with Gasteiger partial charge in [-0.2, -0.15) is 4.72 Å². The third kappa shape index (κ3) is 4.20. The SMILES string of the molecule is Cc1ccc(F)c([C@@H](C)[C@H](NS(=O)(=O)c2ccc3c(c2)CCCO3)c2n[nH]c(=O)o2)c1C. The van der Waals surface area contributed by atoms with E-state index in [1.165, 1.54) is 12.1 Å². The van der Waals surface area contributed by atoms with Crippen molar-refractivity contribution in [3.63, 3.8) is 0 Å². The first-order chi connectivity index (χ1) is 15.2. The minimum absolute atomic E-state index is 0.0401. The first-order valence-electron chi connectivity index (χ1n) is 10.3. The first-order valence-corrected chi connectivity index (χ1v) is 11.7. The molecule has 2 atom stereocenters. The van der Waals surface area contributed by atoms with E-state index in [9.17, 15) is 17.6 Å². The number of H-pyrrole nitrogens is 1. The molecular weight excluding hydrogens is 437 g/mol. The zero-order valence-corrected chi connectivity index (χ0v) is 18.8. The molecule has 32 heavy (non-hydrogen) atoms. The van der Waals surface area contributed by atoms with Crippen LogP contribution in [0.25, 0.3) is 0 Å². The van der Waals surface area contributed by atoms with Gasteiger partial charge in [0.2, 0.25) is 15.9 Å². The summed E-state index contributed by atoms with van der Waals surface area (Å²) in [4.78, 5) is 11.6. The molecule has 170 valence electrons. The summed E-state index contributed by atoms with van der Waals surface area (Å²) in [5, 5.41) is 5.96. The Hall–Kier alpha value is -2.98. The van der Waals surface area contributed by atoms with Crippen LogP contribution in [0.15, 0.2) is 44.4 Å². The van der Waals surface area contributed by atoms with Crippen LogP contribution in [0.1, 0.15) is 53.4 Å². The van der Waals surface area contributed by atoms with E-state index < -0.39 is 33.6 Å². The van der Waals surface area contributed by atoms with E-state index in [2.05, 4.69) is 14.9 Å². The topological polar surface area (TPSA) is 114 Å². The lowest BCUT2D eigenvalue weighted by molar-refractivity contribution is 0.288. The maximum atomic E-state index is 14.8. The number of rotatable bonds is 6. The van der Waals surface area contributed by atoms with Gasteiger partial charge in [0.05, 0.1) is 11.5 Å². The van der Waals surface area contributed by atoms with Gasteiger partial charge in [-0.3, -0.25) is 0 Å². The largest absolute Gasteiger partial charge is 0.493 e. The van der Waals surface area contributed by atoms with E-state index >= 15 is 0 Å². The quantitative estimate of drug-likeness (QED) is 0.582. The smallest absolute Gasteiger partial charge is 0.434 e. The molecular formula is C22H24FN3O5S. The number of hydrogen-bond donors (Lipinski definition) is 2. The molecule has 2 aromatic carbocycles. The molecule has 0 fully saturated rings. The van der Waals surface area contributed by atoms with Crippen molar-refractivity contribution in [3.8, 4) is 5.75 Å². The fourth-order valence-electron chi connectivity index (χ4n) is 4.01. The van der Waals surface area contributed by atoms with Crippen molar-refractivity contribution in [2.24, 2.45) is 0 Å². The number of nitrogens with zero attached hydrogens (tertiary/aromatic N) is 1. The third-order valence-corrected chi connectivity index (χ3v) is 7.32. The summed E-state index contributed by atoms with van der Waals surface area (Å²) in [6.07, 6.45) is 1.51. The molecule has 0 saturated heterocycles. The highest BCUT2D eigenvalue weighted by atomic mass is 32.2. The Morgan fingerprint density at radius 1 is 1.22 bits per heavy atom. The summed E-state index contributed by atoms with van der Waals surface area (Å²) in [5.41, 5.74) is 2.66. The van der Waals surface area contributed by atoms with E-state index in [-0.39, 0.29) is 10.8 Å². The van der Waals surface area contributed by atoms with E-state index in [0.717, 1.165) is 17.5 Å². The molecule has 10 heteroatoms. The molecule has 1 aromatic heterocycles. The van der Waals surface area contributed by atoms with Gasteiger partial charge < -0.3 is 9.15 Å². The third-order valence-electron chi connectivity index (χ3n) is 5.88. The maximum absolute atomic E-state index is 14.8. The highest BCUT2D eigenvalue weighted by Gasteiger charge is 2.33. The second-order valence-electron chi connectivity index (χ2n) is 7.96. The summed E-state index contributed by atoms with van der Waals surface area (Å²) in [6, 6.07) is 6.51. The van der Waals surface area contributed by atoms with Crippen LogP contribution in [-0.4, -0.2) is 25.2 Å². The summed E-state index contributed by atoms with van der Waals surface area (Å²) in [7, 11) is -4.06. The number of aromatic amines is 1. The molecule has 0 saturated carbocycles. The highest BCUT2D eigenvalue weighted by Crippen LogP contribution is 2.36. The van der Waals surface area contributed by atoms with E-state index in [1.54, 1.807) is 32.0 Å². The van der Waals surface area contributed by atoms with Crippen molar-refractivity contribution in [2.45, 2.75) is 50.5 Å². The van der Waals surface area contributed by atoms with E-state index in [1.807, 2.05) is 6.92 Å². The van der Waals surface area contributed by atoms with Crippen LogP contribution in [0.4, 0.5) is 4.39 Å². The van der Waals surface area contributed by atoms with Crippen LogP contribution in [0.2, 0.25) is 0 Å². The maximum Gasteiger partial charge on any atom is 0.434 e. The molecule has 0 unspecified atom stereocenters. The van der Waals surface area contributed by atoms with Gasteiger partial charge >= 0.3 is 5.76 Å². The van der Waals surface area contributed by atoms with Gasteiger partial charge in [0.1, 0.15) is 17.6 Å². The van der Waals surface area contributed by atoms with Gasteiger partial charge in [-0.15, -0.1) is 5.10 Å². The van der Waals surface area contributed by atoms with Crippen LogP contribution in [0, 0.1) is 19.7 Å². The van der Waals surface area contributed by atoms with Crippen LogP contribution < -0.4 is 15.2 Å². The highest BCUT2D eigenvalue weighted by molar-refractivity contribution is 7.89. The van der Waals surface area contributed by atoms with Crippen LogP contribution in [0.5, 0.6) is 5.75 Å². The average Bonchev–Trinajstić information content (AvgIpc) is 3.20. The summed E-state index contributed by atoms with van der Waals surface area (Å²) in [6.45, 7) is 5.86. The van der Waals surface area contributed by atoms with E-state index in [4.69, 9.17) is 9.15 Å². The first kappa shape index (κ1) is 22.2. The second kappa shape index (κ2) is 8.51. The molecule has 2 heterocycles. The van der Waals surface area contributed by atoms with Gasteiger partial charge in [-0.25, -0.2) is 22.7 Å². The minimum atomic E-state index is -4.06. The number of halogens is 1. The lowest BCUT2D eigenvalue weighted by Gasteiger charge is -2.25. The molecule has 0 radical (unpaired) electrons. The molecule has 0 amide bonds. The standard InChI is InChI=1S/C22H24FN3O5S/c1-12-6-8-17(23)19(13(12)2)14(3)20(21-24-25-22(27)31-21)26-32(28,29)16-7-9-18-15(11-16)5-4-10-30-18/h6-9,11,14,20,26H,4-5,10H2,1-3H3,(H,25,27)/t14-,20+/m1/s1. The Balaban J connectivity index is 1.75. The fraction of sp³-hybridized carbons (Fsp3) is 0.364. The Morgan fingerprint density at radius 2 is 2.00 bits per heavy atom. The number of fused-ring (bicyclic) bond motifs is 1. The number of sulfonamides is 1. The molecule has 0 bridgehead atoms. The number of hydrogen-bond acceptors (Lipinski definition) is 6. The van der Waals surface area contributed by atoms with Crippen molar-refractivity contribution >= 4 is 10.0 Å². The van der Waals surface area contributed by atoms with Crippen LogP contribution in [-0.2, 0) is 16.4 Å². The summed E-state index contributed by atoms with van der Waals surface area (Å²) in [5.74, 6) is -1.54. The average molecular weight is 462 g/mol. The molecule has 4 rings (SSSR count). The Morgan fingerprint density at radius 3 is 2.72 bits per heavy atom. The number of ether oxygens (including phenoxy) is 1. The molecule has 2 N–H and O–H groups in total. The second-order valence-corrected chi connectivity index (χ2v) is 9.68. The van der Waals surface area contributed by atoms with Gasteiger partial charge in [0, 0.05) is 5.92 Å². The summed E-state index contributed by atoms with van der Waals surface area (Å²) < 4.78 is 54.6. The van der Waals surface area contributed by atoms with Crippen molar-refractivity contribution in [3.05, 3.63) is 74.8 Å². The monoisotopic (exact) mass is 461 g/mol. The van der Waals surface area contributed by atoms with Gasteiger partial charge in [0.15, 0.2) is 0 Å². The Bertz CT molecular complexity index is 1320. The lowest BCUT2D eigenvalue weighted by atomic mass is 9.88. The molecule has 1 aliphatic rings. The number of nitrogens with one attached hydrogen (secondary N) is 2. The molecule has 0 spiro atoms. The normalized spacial score (nSPS) is 15.6. The van der Waals surface area contributed by atoms with Crippen molar-refractivity contribution in [2.75, 3.05) is 6.61 Å². The zero-order chi connectivity index (χ0) is 23.0. The van der Waals surface area contributed by atoms with E-state index in [0.29, 0.717) is 29.9 Å². The van der Waals surface area contributed by atoms with Crippen LogP contribution >= 0.6 is 0 Å². The Kier molecular flexibility index (Phi) is 5.91. The lowest BCUT2D eigenvalue weighted by Crippen LogP contribution is -2.33. The predicted octanol–water partition coefficient (Wildman–Crippen LogP) is 3.27. The Labute approximate surface area is 184 Å². The molecule has 8 nitrogen and oxygen atoms in total. The van der Waals surface area contributed by atoms with Crippen molar-refractivity contribution < 1.29 is 22.0 Å². The molecule has 1 aliphatic heterocycles. The molecule has 0 aliphatic carbocycles. The van der Waals surface area contributed by atoms with Gasteiger partial charge in [0.25, 0.3) is 0 Å². The van der Waals surface area contributed by atoms with Crippen molar-refractivity contribution in [1.29, 1.82) is 0 Å². The summed E-state index contributed by atoms with van der Waals surface area (Å²) >= 11 is 0. The zero-order valence-electron chi connectivity index (χ0n) is 17.9.